The maximum absolute atomic E-state index is 10.6. The van der Waals surface area contributed by atoms with Crippen molar-refractivity contribution in [3.05, 3.63) is 21.9 Å². The molecule has 2 rings (SSSR count). The van der Waals surface area contributed by atoms with E-state index in [4.69, 9.17) is 5.11 Å². The van der Waals surface area contributed by atoms with Crippen LogP contribution in [0.4, 0.5) is 0 Å². The fourth-order valence-corrected chi connectivity index (χ4v) is 3.30. The van der Waals surface area contributed by atoms with Gasteiger partial charge in [0.05, 0.1) is 6.54 Å². The lowest BCUT2D eigenvalue weighted by Gasteiger charge is -2.13. The highest BCUT2D eigenvalue weighted by molar-refractivity contribution is 7.10. The van der Waals surface area contributed by atoms with E-state index >= 15 is 0 Å². The van der Waals surface area contributed by atoms with Gasteiger partial charge in [0, 0.05) is 18.0 Å². The molecule has 0 unspecified atom stereocenters. The number of carbonyl (C=O) groups is 1. The Balaban J connectivity index is 1.83. The van der Waals surface area contributed by atoms with Gasteiger partial charge in [0.2, 0.25) is 0 Å². The van der Waals surface area contributed by atoms with E-state index in [1.165, 1.54) is 36.4 Å². The normalized spacial score (nSPS) is 16.6. The minimum atomic E-state index is -0.772. The molecule has 0 amide bonds. The SMILES string of the molecule is CN(CC(=O)O)Cc1cc(CN2CCCC2)cs1. The quantitative estimate of drug-likeness (QED) is 0.855. The lowest BCUT2D eigenvalue weighted by Crippen LogP contribution is -2.24. The van der Waals surface area contributed by atoms with Crippen LogP contribution in [0.5, 0.6) is 0 Å². The first kappa shape index (κ1) is 13.5. The third-order valence-electron chi connectivity index (χ3n) is 3.14. The molecule has 0 spiro atoms. The van der Waals surface area contributed by atoms with Gasteiger partial charge < -0.3 is 5.11 Å². The van der Waals surface area contributed by atoms with Gasteiger partial charge in [-0.25, -0.2) is 0 Å². The van der Waals surface area contributed by atoms with Crippen molar-refractivity contribution in [3.63, 3.8) is 0 Å². The molecule has 1 fully saturated rings. The van der Waals surface area contributed by atoms with Crippen LogP contribution in [0.3, 0.4) is 0 Å². The lowest BCUT2D eigenvalue weighted by molar-refractivity contribution is -0.138. The van der Waals surface area contributed by atoms with Gasteiger partial charge in [-0.15, -0.1) is 11.3 Å². The molecule has 1 aromatic heterocycles. The number of likely N-dealkylation sites (tertiary alicyclic amines) is 1. The molecule has 0 bridgehead atoms. The van der Waals surface area contributed by atoms with Gasteiger partial charge >= 0.3 is 5.97 Å². The second-order valence-electron chi connectivity index (χ2n) is 4.97. The van der Waals surface area contributed by atoms with Gasteiger partial charge in [-0.1, -0.05) is 0 Å². The van der Waals surface area contributed by atoms with Gasteiger partial charge in [0.15, 0.2) is 0 Å². The topological polar surface area (TPSA) is 43.8 Å². The summed E-state index contributed by atoms with van der Waals surface area (Å²) < 4.78 is 0. The Labute approximate surface area is 112 Å². The third kappa shape index (κ3) is 4.08. The van der Waals surface area contributed by atoms with E-state index in [0.717, 1.165) is 13.1 Å². The van der Waals surface area contributed by atoms with Crippen LogP contribution in [0.2, 0.25) is 0 Å². The van der Waals surface area contributed by atoms with Gasteiger partial charge in [0.1, 0.15) is 0 Å². The highest BCUT2D eigenvalue weighted by Gasteiger charge is 2.13. The van der Waals surface area contributed by atoms with Crippen LogP contribution in [0.25, 0.3) is 0 Å². The second kappa shape index (κ2) is 6.31. The molecule has 0 atom stereocenters. The van der Waals surface area contributed by atoms with Crippen LogP contribution < -0.4 is 0 Å². The number of rotatable bonds is 6. The average molecular weight is 268 g/mol. The van der Waals surface area contributed by atoms with Crippen LogP contribution in [0, 0.1) is 0 Å². The first-order valence-electron chi connectivity index (χ1n) is 6.32. The Bertz CT molecular complexity index is 399. The zero-order valence-electron chi connectivity index (χ0n) is 10.8. The zero-order valence-corrected chi connectivity index (χ0v) is 11.6. The molecule has 100 valence electrons. The van der Waals surface area contributed by atoms with Crippen LogP contribution in [0.15, 0.2) is 11.4 Å². The minimum absolute atomic E-state index is 0.0966. The summed E-state index contributed by atoms with van der Waals surface area (Å²) in [4.78, 5) is 16.1. The highest BCUT2D eigenvalue weighted by Crippen LogP contribution is 2.19. The Morgan fingerprint density at radius 3 is 2.89 bits per heavy atom. The molecule has 0 aromatic carbocycles. The molecule has 1 aliphatic heterocycles. The molecular weight excluding hydrogens is 248 g/mol. The van der Waals surface area contributed by atoms with Crippen molar-refractivity contribution >= 4 is 17.3 Å². The Hall–Kier alpha value is -0.910. The number of nitrogens with zero attached hydrogens (tertiary/aromatic N) is 2. The number of hydrogen-bond donors (Lipinski definition) is 1. The van der Waals surface area contributed by atoms with Crippen molar-refractivity contribution in [2.45, 2.75) is 25.9 Å². The van der Waals surface area contributed by atoms with Crippen molar-refractivity contribution in [1.82, 2.24) is 9.80 Å². The molecule has 1 aliphatic rings. The van der Waals surface area contributed by atoms with Crippen molar-refractivity contribution in [3.8, 4) is 0 Å². The standard InChI is InChI=1S/C13H20N2O2S/c1-14(9-13(16)17)8-12-6-11(10-18-12)7-15-4-2-3-5-15/h6,10H,2-5,7-9H2,1H3,(H,16,17). The molecule has 4 nitrogen and oxygen atoms in total. The summed E-state index contributed by atoms with van der Waals surface area (Å²) in [6.07, 6.45) is 2.64. The number of carboxylic acid groups (broad SMARTS) is 1. The van der Waals surface area contributed by atoms with Gasteiger partial charge in [-0.05, 0) is 50.0 Å². The summed E-state index contributed by atoms with van der Waals surface area (Å²) in [6, 6.07) is 2.21. The summed E-state index contributed by atoms with van der Waals surface area (Å²) in [5.74, 6) is -0.772. The fraction of sp³-hybridized carbons (Fsp3) is 0.615. The average Bonchev–Trinajstić information content (AvgIpc) is 2.89. The van der Waals surface area contributed by atoms with Gasteiger partial charge in [0.25, 0.3) is 0 Å². The van der Waals surface area contributed by atoms with E-state index in [-0.39, 0.29) is 6.54 Å². The summed E-state index contributed by atoms with van der Waals surface area (Å²) in [5, 5.41) is 10.9. The molecule has 0 saturated carbocycles. The smallest absolute Gasteiger partial charge is 0.317 e. The minimum Gasteiger partial charge on any atom is -0.480 e. The largest absolute Gasteiger partial charge is 0.480 e. The van der Waals surface area contributed by atoms with E-state index in [9.17, 15) is 4.79 Å². The zero-order chi connectivity index (χ0) is 13.0. The molecule has 1 saturated heterocycles. The maximum atomic E-state index is 10.6. The molecule has 0 aliphatic carbocycles. The van der Waals surface area contributed by atoms with E-state index in [2.05, 4.69) is 16.3 Å². The number of likely N-dealkylation sites (N-methyl/N-ethyl adjacent to an activating group) is 1. The van der Waals surface area contributed by atoms with Gasteiger partial charge in [-0.3, -0.25) is 14.6 Å². The monoisotopic (exact) mass is 268 g/mol. The first-order chi connectivity index (χ1) is 8.63. The van der Waals surface area contributed by atoms with Crippen LogP contribution in [0.1, 0.15) is 23.3 Å². The van der Waals surface area contributed by atoms with E-state index in [1.807, 2.05) is 11.9 Å². The Morgan fingerprint density at radius 1 is 1.50 bits per heavy atom. The first-order valence-corrected chi connectivity index (χ1v) is 7.20. The molecule has 18 heavy (non-hydrogen) atoms. The molecule has 2 heterocycles. The van der Waals surface area contributed by atoms with Crippen LogP contribution >= 0.6 is 11.3 Å². The number of carboxylic acids is 1. The number of thiophene rings is 1. The predicted molar refractivity (Wildman–Crippen MR) is 72.8 cm³/mol. The molecule has 0 radical (unpaired) electrons. The molecule has 1 N–H and O–H groups in total. The summed E-state index contributed by atoms with van der Waals surface area (Å²) in [5.41, 5.74) is 1.36. The highest BCUT2D eigenvalue weighted by atomic mass is 32.1. The van der Waals surface area contributed by atoms with E-state index in [1.54, 1.807) is 11.3 Å². The number of aliphatic carboxylic acids is 1. The van der Waals surface area contributed by atoms with Gasteiger partial charge in [-0.2, -0.15) is 0 Å². The molecule has 5 heteroatoms. The lowest BCUT2D eigenvalue weighted by atomic mass is 10.3. The third-order valence-corrected chi connectivity index (χ3v) is 4.11. The van der Waals surface area contributed by atoms with Crippen LogP contribution in [-0.4, -0.2) is 47.6 Å². The summed E-state index contributed by atoms with van der Waals surface area (Å²) in [7, 11) is 1.84. The second-order valence-corrected chi connectivity index (χ2v) is 5.97. The maximum Gasteiger partial charge on any atom is 0.317 e. The van der Waals surface area contributed by atoms with Crippen molar-refractivity contribution in [1.29, 1.82) is 0 Å². The van der Waals surface area contributed by atoms with E-state index < -0.39 is 5.97 Å². The predicted octanol–water partition coefficient (Wildman–Crippen LogP) is 1.86. The molecular formula is C13H20N2O2S. The summed E-state index contributed by atoms with van der Waals surface area (Å²) >= 11 is 1.73. The Kier molecular flexibility index (Phi) is 4.74. The van der Waals surface area contributed by atoms with Crippen LogP contribution in [-0.2, 0) is 17.9 Å². The van der Waals surface area contributed by atoms with E-state index in [0.29, 0.717) is 0 Å². The van der Waals surface area contributed by atoms with Crippen molar-refractivity contribution in [2.24, 2.45) is 0 Å². The fourth-order valence-electron chi connectivity index (χ4n) is 2.34. The Morgan fingerprint density at radius 2 is 2.22 bits per heavy atom. The van der Waals surface area contributed by atoms with Crippen molar-refractivity contribution < 1.29 is 9.90 Å². The number of hydrogen-bond acceptors (Lipinski definition) is 4. The molecule has 1 aromatic rings. The van der Waals surface area contributed by atoms with Crippen molar-refractivity contribution in [2.75, 3.05) is 26.7 Å². The summed E-state index contributed by atoms with van der Waals surface area (Å²) in [6.45, 7) is 4.28.